The first-order chi connectivity index (χ1) is 7.86. The SMILES string of the molecule is O=C1c2ccc[n+]3c2-c2c1ccc[n+]2CC3.[Br-]. The smallest absolute Gasteiger partial charge is 0.289 e. The van der Waals surface area contributed by atoms with E-state index < -0.39 is 0 Å². The summed E-state index contributed by atoms with van der Waals surface area (Å²) < 4.78 is 4.36. The van der Waals surface area contributed by atoms with E-state index in [1.54, 1.807) is 0 Å². The molecule has 0 aromatic carbocycles. The van der Waals surface area contributed by atoms with E-state index in [0.717, 1.165) is 35.6 Å². The van der Waals surface area contributed by atoms with Gasteiger partial charge in [-0.3, -0.25) is 4.79 Å². The van der Waals surface area contributed by atoms with Crippen LogP contribution in [0.1, 0.15) is 15.9 Å². The second-order valence-corrected chi connectivity index (χ2v) is 4.26. The van der Waals surface area contributed by atoms with Crippen LogP contribution in [-0.4, -0.2) is 5.78 Å². The molecule has 1 aliphatic carbocycles. The number of halogens is 1. The zero-order valence-corrected chi connectivity index (χ0v) is 10.6. The molecule has 0 spiro atoms. The Morgan fingerprint density at radius 1 is 0.882 bits per heavy atom. The van der Waals surface area contributed by atoms with Gasteiger partial charge in [0.2, 0.25) is 18.9 Å². The van der Waals surface area contributed by atoms with Gasteiger partial charge in [0.1, 0.15) is 11.1 Å². The van der Waals surface area contributed by atoms with E-state index in [2.05, 4.69) is 21.5 Å². The number of rotatable bonds is 0. The number of aryl methyl sites for hydroxylation is 2. The number of nitrogens with zero attached hydrogens (tertiary/aromatic N) is 2. The molecule has 0 amide bonds. The van der Waals surface area contributed by atoms with Crippen LogP contribution in [0.25, 0.3) is 11.4 Å². The van der Waals surface area contributed by atoms with E-state index in [1.165, 1.54) is 0 Å². The van der Waals surface area contributed by atoms with Crippen LogP contribution in [0, 0.1) is 0 Å². The van der Waals surface area contributed by atoms with Gasteiger partial charge in [0.05, 0.1) is 0 Å². The topological polar surface area (TPSA) is 24.8 Å². The highest BCUT2D eigenvalue weighted by Gasteiger charge is 2.44. The molecule has 0 unspecified atom stereocenters. The molecule has 4 rings (SSSR count). The van der Waals surface area contributed by atoms with E-state index in [1.807, 2.05) is 24.3 Å². The Morgan fingerprint density at radius 3 is 1.82 bits per heavy atom. The highest BCUT2D eigenvalue weighted by Crippen LogP contribution is 2.31. The summed E-state index contributed by atoms with van der Waals surface area (Å²) in [5.74, 6) is 0.163. The van der Waals surface area contributed by atoms with Crippen LogP contribution in [0.3, 0.4) is 0 Å². The van der Waals surface area contributed by atoms with Crippen molar-refractivity contribution in [3.63, 3.8) is 0 Å². The highest BCUT2D eigenvalue weighted by molar-refractivity contribution is 6.19. The number of hydrogen-bond acceptors (Lipinski definition) is 1. The Bertz CT molecular complexity index is 596. The van der Waals surface area contributed by atoms with Crippen LogP contribution < -0.4 is 26.1 Å². The van der Waals surface area contributed by atoms with E-state index in [4.69, 9.17) is 0 Å². The summed E-state index contributed by atoms with van der Waals surface area (Å²) in [7, 11) is 0. The predicted molar refractivity (Wildman–Crippen MR) is 55.7 cm³/mol. The number of pyridine rings is 2. The Kier molecular flexibility index (Phi) is 2.16. The summed E-state index contributed by atoms with van der Waals surface area (Å²) in [6.45, 7) is 1.88. The van der Waals surface area contributed by atoms with Crippen LogP contribution in [0.4, 0.5) is 0 Å². The molecular weight excluding hydrogens is 280 g/mol. The lowest BCUT2D eigenvalue weighted by molar-refractivity contribution is -0.794. The Balaban J connectivity index is 0.000000902. The normalized spacial score (nSPS) is 14.2. The zero-order chi connectivity index (χ0) is 10.7. The highest BCUT2D eigenvalue weighted by atomic mass is 79.9. The second-order valence-electron chi connectivity index (χ2n) is 4.26. The fourth-order valence-electron chi connectivity index (χ4n) is 2.73. The minimum Gasteiger partial charge on any atom is -1.00 e. The van der Waals surface area contributed by atoms with Crippen LogP contribution in [0.15, 0.2) is 36.7 Å². The predicted octanol–water partition coefficient (Wildman–Crippen LogP) is -2.51. The van der Waals surface area contributed by atoms with E-state index in [9.17, 15) is 4.79 Å². The third kappa shape index (κ3) is 1.19. The number of carbonyl (C=O) groups excluding carboxylic acids is 1. The molecule has 0 atom stereocenters. The lowest BCUT2D eigenvalue weighted by atomic mass is 10.1. The summed E-state index contributed by atoms with van der Waals surface area (Å²) >= 11 is 0. The second kappa shape index (κ2) is 3.47. The van der Waals surface area contributed by atoms with Gasteiger partial charge >= 0.3 is 0 Å². The summed E-state index contributed by atoms with van der Waals surface area (Å²) in [6.07, 6.45) is 4.11. The quantitative estimate of drug-likeness (QED) is 0.420. The van der Waals surface area contributed by atoms with Gasteiger partial charge in [0.25, 0.3) is 11.4 Å². The third-order valence-corrected chi connectivity index (χ3v) is 3.44. The van der Waals surface area contributed by atoms with Crippen molar-refractivity contribution in [1.82, 2.24) is 0 Å². The fourth-order valence-corrected chi connectivity index (χ4v) is 2.73. The summed E-state index contributed by atoms with van der Waals surface area (Å²) in [5, 5.41) is 0. The molecule has 1 aliphatic heterocycles. The zero-order valence-electron chi connectivity index (χ0n) is 9.06. The molecule has 3 heterocycles. The minimum absolute atomic E-state index is 0. The Labute approximate surface area is 109 Å². The maximum atomic E-state index is 12.2. The first-order valence-electron chi connectivity index (χ1n) is 5.46. The average Bonchev–Trinajstić information content (AvgIpc) is 2.64. The number of hydrogen-bond donors (Lipinski definition) is 0. The first kappa shape index (κ1) is 10.6. The standard InChI is InChI=1S/C13H10N2O.BrH/c16-13-9-3-1-5-14-7-8-15-6-2-4-10(13)12(15)11(9)14;/h1-6H,7-8H2;1H/q+2;/p-1. The largest absolute Gasteiger partial charge is 1.00 e. The summed E-state index contributed by atoms with van der Waals surface area (Å²) in [5.41, 5.74) is 3.87. The van der Waals surface area contributed by atoms with Crippen molar-refractivity contribution >= 4 is 5.78 Å². The molecule has 2 aromatic rings. The van der Waals surface area contributed by atoms with Crippen LogP contribution in [0.5, 0.6) is 0 Å². The van der Waals surface area contributed by atoms with Crippen molar-refractivity contribution in [1.29, 1.82) is 0 Å². The van der Waals surface area contributed by atoms with Gasteiger partial charge < -0.3 is 17.0 Å². The van der Waals surface area contributed by atoms with Crippen molar-refractivity contribution in [3.05, 3.63) is 47.8 Å². The summed E-state index contributed by atoms with van der Waals surface area (Å²) in [4.78, 5) is 12.2. The molecule has 0 N–H and O–H groups in total. The molecule has 0 saturated carbocycles. The number of ketones is 1. The summed E-state index contributed by atoms with van der Waals surface area (Å²) in [6, 6.07) is 7.75. The van der Waals surface area contributed by atoms with Gasteiger partial charge in [-0.1, -0.05) is 0 Å². The van der Waals surface area contributed by atoms with Crippen molar-refractivity contribution in [2.45, 2.75) is 13.1 Å². The van der Waals surface area contributed by atoms with Gasteiger partial charge in [-0.25, -0.2) is 0 Å². The molecule has 17 heavy (non-hydrogen) atoms. The van der Waals surface area contributed by atoms with Crippen molar-refractivity contribution in [2.24, 2.45) is 0 Å². The third-order valence-electron chi connectivity index (χ3n) is 3.44. The van der Waals surface area contributed by atoms with Gasteiger partial charge in [-0.05, 0) is 12.1 Å². The molecular formula is C13H10BrN2O+. The van der Waals surface area contributed by atoms with E-state index in [0.29, 0.717) is 0 Å². The maximum Gasteiger partial charge on any atom is 0.289 e. The maximum absolute atomic E-state index is 12.2. The lowest BCUT2D eigenvalue weighted by Crippen LogP contribution is -3.00. The molecule has 0 radical (unpaired) electrons. The molecule has 0 fully saturated rings. The molecule has 2 aromatic heterocycles. The molecule has 0 saturated heterocycles. The Morgan fingerprint density at radius 2 is 1.35 bits per heavy atom. The van der Waals surface area contributed by atoms with Crippen LogP contribution in [-0.2, 0) is 13.1 Å². The monoisotopic (exact) mass is 289 g/mol. The lowest BCUT2D eigenvalue weighted by Gasteiger charge is -2.07. The van der Waals surface area contributed by atoms with Gasteiger partial charge in [-0.2, -0.15) is 9.13 Å². The molecule has 4 heteroatoms. The van der Waals surface area contributed by atoms with E-state index in [-0.39, 0.29) is 22.8 Å². The van der Waals surface area contributed by atoms with Crippen molar-refractivity contribution in [3.8, 4) is 11.4 Å². The fraction of sp³-hybridized carbons (Fsp3) is 0.154. The van der Waals surface area contributed by atoms with E-state index >= 15 is 0 Å². The average molecular weight is 290 g/mol. The van der Waals surface area contributed by atoms with Gasteiger partial charge in [-0.15, -0.1) is 0 Å². The van der Waals surface area contributed by atoms with Crippen LogP contribution >= 0.6 is 0 Å². The molecule has 3 nitrogen and oxygen atoms in total. The van der Waals surface area contributed by atoms with Crippen molar-refractivity contribution < 1.29 is 30.9 Å². The Hall–Kier alpha value is -1.55. The molecule has 2 aliphatic rings. The molecule has 0 bridgehead atoms. The van der Waals surface area contributed by atoms with Gasteiger partial charge in [0, 0.05) is 12.1 Å². The number of aromatic nitrogens is 2. The minimum atomic E-state index is 0. The van der Waals surface area contributed by atoms with Crippen molar-refractivity contribution in [2.75, 3.05) is 0 Å². The van der Waals surface area contributed by atoms with Gasteiger partial charge in [0.15, 0.2) is 12.4 Å². The number of carbonyl (C=O) groups is 1. The first-order valence-corrected chi connectivity index (χ1v) is 5.46. The van der Waals surface area contributed by atoms with Crippen LogP contribution in [0.2, 0.25) is 0 Å². The molecule has 84 valence electrons.